The molecule has 0 fully saturated rings. The van der Waals surface area contributed by atoms with Gasteiger partial charge in [0.15, 0.2) is 0 Å². The highest BCUT2D eigenvalue weighted by molar-refractivity contribution is 7.89. The summed E-state index contributed by atoms with van der Waals surface area (Å²) in [5, 5.41) is 11.5. The molecule has 20 heavy (non-hydrogen) atoms. The summed E-state index contributed by atoms with van der Waals surface area (Å²) in [6.45, 7) is 2.39. The van der Waals surface area contributed by atoms with E-state index in [1.54, 1.807) is 17.4 Å². The third-order valence-corrected chi connectivity index (χ3v) is 6.61. The van der Waals surface area contributed by atoms with Gasteiger partial charge < -0.3 is 5.11 Å². The largest absolute Gasteiger partial charge is 0.508 e. The molecule has 0 saturated carbocycles. The van der Waals surface area contributed by atoms with Crippen LogP contribution in [-0.4, -0.2) is 24.4 Å². The second-order valence-electron chi connectivity index (χ2n) is 4.84. The van der Waals surface area contributed by atoms with Crippen LogP contribution < -0.4 is 0 Å². The molecule has 2 heterocycles. The molecule has 0 aliphatic carbocycles. The number of thiophene rings is 1. The lowest BCUT2D eigenvalue weighted by Crippen LogP contribution is -2.38. The fourth-order valence-electron chi connectivity index (χ4n) is 2.59. The van der Waals surface area contributed by atoms with Crippen LogP contribution in [0.25, 0.3) is 0 Å². The van der Waals surface area contributed by atoms with Crippen LogP contribution in [-0.2, 0) is 16.4 Å². The molecule has 0 amide bonds. The molecule has 1 unspecified atom stereocenters. The second-order valence-corrected chi connectivity index (χ2v) is 7.73. The zero-order valence-corrected chi connectivity index (χ0v) is 12.6. The van der Waals surface area contributed by atoms with E-state index in [1.807, 2.05) is 18.4 Å². The molecular formula is C14H15NO3S2. The van der Waals surface area contributed by atoms with Gasteiger partial charge in [-0.1, -0.05) is 6.07 Å². The lowest BCUT2D eigenvalue weighted by atomic mass is 10.0. The average molecular weight is 309 g/mol. The maximum absolute atomic E-state index is 12.7. The third-order valence-electron chi connectivity index (χ3n) is 3.65. The van der Waals surface area contributed by atoms with Crippen molar-refractivity contribution < 1.29 is 13.5 Å². The Morgan fingerprint density at radius 3 is 2.90 bits per heavy atom. The monoisotopic (exact) mass is 309 g/mol. The van der Waals surface area contributed by atoms with E-state index in [9.17, 15) is 13.5 Å². The van der Waals surface area contributed by atoms with Crippen molar-refractivity contribution in [1.29, 1.82) is 0 Å². The highest BCUT2D eigenvalue weighted by Gasteiger charge is 2.34. The molecule has 1 aliphatic heterocycles. The number of hydrogen-bond acceptors (Lipinski definition) is 4. The molecule has 2 aromatic rings. The van der Waals surface area contributed by atoms with Crippen LogP contribution in [0.15, 0.2) is 40.6 Å². The van der Waals surface area contributed by atoms with Gasteiger partial charge in [0.25, 0.3) is 0 Å². The van der Waals surface area contributed by atoms with Crippen LogP contribution in [0.1, 0.15) is 23.4 Å². The van der Waals surface area contributed by atoms with Crippen molar-refractivity contribution in [3.63, 3.8) is 0 Å². The van der Waals surface area contributed by atoms with Gasteiger partial charge in [-0.3, -0.25) is 0 Å². The Labute approximate surface area is 122 Å². The predicted octanol–water partition coefficient (Wildman–Crippen LogP) is 2.76. The lowest BCUT2D eigenvalue weighted by molar-refractivity contribution is 0.329. The van der Waals surface area contributed by atoms with Gasteiger partial charge in [-0.05, 0) is 48.6 Å². The van der Waals surface area contributed by atoms with E-state index in [4.69, 9.17) is 0 Å². The smallest absolute Gasteiger partial charge is 0.243 e. The molecular weight excluding hydrogens is 294 g/mol. The molecule has 0 bridgehead atoms. The first-order valence-electron chi connectivity index (χ1n) is 6.37. The molecule has 1 aromatic carbocycles. The minimum absolute atomic E-state index is 0.0352. The standard InChI is InChI=1S/C14H15NO3S2/c1-10-13-6-8-19-14(13)5-7-15(10)20(17,18)12-4-2-3-11(16)9-12/h2-4,6,8-10,16H,5,7H2,1H3. The number of rotatable bonds is 2. The predicted molar refractivity (Wildman–Crippen MR) is 78.4 cm³/mol. The first-order valence-corrected chi connectivity index (χ1v) is 8.69. The maximum atomic E-state index is 12.7. The van der Waals surface area contributed by atoms with Gasteiger partial charge in [0.05, 0.1) is 4.90 Å². The SMILES string of the molecule is CC1c2ccsc2CCN1S(=O)(=O)c1cccc(O)c1. The van der Waals surface area contributed by atoms with Gasteiger partial charge in [0.2, 0.25) is 10.0 Å². The fourth-order valence-corrected chi connectivity index (χ4v) is 5.21. The van der Waals surface area contributed by atoms with Crippen molar-refractivity contribution in [2.75, 3.05) is 6.54 Å². The van der Waals surface area contributed by atoms with Crippen molar-refractivity contribution in [2.24, 2.45) is 0 Å². The molecule has 1 aliphatic rings. The van der Waals surface area contributed by atoms with E-state index in [0.717, 1.165) is 12.0 Å². The third kappa shape index (κ3) is 2.13. The van der Waals surface area contributed by atoms with Crippen LogP contribution >= 0.6 is 11.3 Å². The van der Waals surface area contributed by atoms with Crippen LogP contribution in [0.2, 0.25) is 0 Å². The normalized spacial score (nSPS) is 19.8. The minimum Gasteiger partial charge on any atom is -0.508 e. The molecule has 1 N–H and O–H groups in total. The van der Waals surface area contributed by atoms with Gasteiger partial charge >= 0.3 is 0 Å². The van der Waals surface area contributed by atoms with E-state index in [0.29, 0.717) is 6.54 Å². The van der Waals surface area contributed by atoms with Gasteiger partial charge in [0.1, 0.15) is 5.75 Å². The van der Waals surface area contributed by atoms with E-state index in [1.165, 1.54) is 27.4 Å². The summed E-state index contributed by atoms with van der Waals surface area (Å²) >= 11 is 1.68. The van der Waals surface area contributed by atoms with E-state index in [-0.39, 0.29) is 16.7 Å². The van der Waals surface area contributed by atoms with Gasteiger partial charge in [0, 0.05) is 17.5 Å². The quantitative estimate of drug-likeness (QED) is 0.928. The first-order chi connectivity index (χ1) is 9.50. The lowest BCUT2D eigenvalue weighted by Gasteiger charge is -2.32. The van der Waals surface area contributed by atoms with Crippen molar-refractivity contribution >= 4 is 21.4 Å². The topological polar surface area (TPSA) is 57.6 Å². The van der Waals surface area contributed by atoms with Crippen molar-refractivity contribution in [2.45, 2.75) is 24.3 Å². The van der Waals surface area contributed by atoms with Crippen LogP contribution in [0.4, 0.5) is 0 Å². The molecule has 3 rings (SSSR count). The van der Waals surface area contributed by atoms with Gasteiger partial charge in [-0.25, -0.2) is 8.42 Å². The summed E-state index contributed by atoms with van der Waals surface area (Å²) < 4.78 is 26.9. The molecule has 0 saturated heterocycles. The number of benzene rings is 1. The maximum Gasteiger partial charge on any atom is 0.243 e. The Balaban J connectivity index is 2.01. The average Bonchev–Trinajstić information content (AvgIpc) is 2.88. The van der Waals surface area contributed by atoms with E-state index < -0.39 is 10.0 Å². The van der Waals surface area contributed by atoms with Crippen molar-refractivity contribution in [1.82, 2.24) is 4.31 Å². The van der Waals surface area contributed by atoms with Crippen LogP contribution in [0.3, 0.4) is 0 Å². The molecule has 1 atom stereocenters. The Hall–Kier alpha value is -1.37. The molecule has 1 aromatic heterocycles. The molecule has 4 nitrogen and oxygen atoms in total. The number of phenolic OH excluding ortho intramolecular Hbond substituents is 1. The zero-order chi connectivity index (χ0) is 14.3. The van der Waals surface area contributed by atoms with Gasteiger partial charge in [-0.15, -0.1) is 11.3 Å². The fraction of sp³-hybridized carbons (Fsp3) is 0.286. The molecule has 0 radical (unpaired) electrons. The Bertz CT molecular complexity index is 736. The summed E-state index contributed by atoms with van der Waals surface area (Å²) in [5.74, 6) is -0.0352. The summed E-state index contributed by atoms with van der Waals surface area (Å²) in [4.78, 5) is 1.41. The van der Waals surface area contributed by atoms with Crippen LogP contribution in [0.5, 0.6) is 5.75 Å². The molecule has 106 valence electrons. The Morgan fingerprint density at radius 2 is 2.15 bits per heavy atom. The number of fused-ring (bicyclic) bond motifs is 1. The Morgan fingerprint density at radius 1 is 1.35 bits per heavy atom. The number of hydrogen-bond donors (Lipinski definition) is 1. The molecule has 6 heteroatoms. The highest BCUT2D eigenvalue weighted by atomic mass is 32.2. The van der Waals surface area contributed by atoms with Crippen LogP contribution in [0, 0.1) is 0 Å². The number of aromatic hydroxyl groups is 1. The molecule has 0 spiro atoms. The summed E-state index contributed by atoms with van der Waals surface area (Å²) in [6, 6.07) is 7.66. The minimum atomic E-state index is -3.58. The zero-order valence-electron chi connectivity index (χ0n) is 11.0. The number of phenols is 1. The number of sulfonamides is 1. The van der Waals surface area contributed by atoms with Gasteiger partial charge in [-0.2, -0.15) is 4.31 Å². The summed E-state index contributed by atoms with van der Waals surface area (Å²) in [5.41, 5.74) is 1.09. The Kier molecular flexibility index (Phi) is 3.32. The second kappa shape index (κ2) is 4.87. The number of nitrogens with zero attached hydrogens (tertiary/aromatic N) is 1. The van der Waals surface area contributed by atoms with Crippen molar-refractivity contribution in [3.05, 3.63) is 46.2 Å². The van der Waals surface area contributed by atoms with E-state index in [2.05, 4.69) is 0 Å². The van der Waals surface area contributed by atoms with Crippen molar-refractivity contribution in [3.8, 4) is 5.75 Å². The summed E-state index contributed by atoms with van der Waals surface area (Å²) in [6.07, 6.45) is 0.745. The highest BCUT2D eigenvalue weighted by Crippen LogP contribution is 2.36. The first kappa shape index (κ1) is 13.6. The van der Waals surface area contributed by atoms with E-state index >= 15 is 0 Å². The summed E-state index contributed by atoms with van der Waals surface area (Å²) in [7, 11) is -3.58.